The third kappa shape index (κ3) is 8.83. The van der Waals surface area contributed by atoms with Crippen LogP contribution in [0.1, 0.15) is 90.6 Å². The number of hydrogen-bond acceptors (Lipinski definition) is 8. The van der Waals surface area contributed by atoms with Crippen LogP contribution >= 0.6 is 11.3 Å². The van der Waals surface area contributed by atoms with E-state index in [9.17, 15) is 14.4 Å². The molecule has 11 heteroatoms. The lowest BCUT2D eigenvalue weighted by Gasteiger charge is -2.28. The Morgan fingerprint density at radius 1 is 1.07 bits per heavy atom. The number of oxazole rings is 1. The van der Waals surface area contributed by atoms with Crippen molar-refractivity contribution in [1.82, 2.24) is 30.8 Å². The second kappa shape index (κ2) is 14.4. The Morgan fingerprint density at radius 2 is 1.81 bits per heavy atom. The summed E-state index contributed by atoms with van der Waals surface area (Å²) in [7, 11) is 0. The summed E-state index contributed by atoms with van der Waals surface area (Å²) in [4.78, 5) is 50.8. The first-order chi connectivity index (χ1) is 20.1. The minimum absolute atomic E-state index is 0.129. The van der Waals surface area contributed by atoms with Gasteiger partial charge < -0.3 is 20.4 Å². The lowest BCUT2D eigenvalue weighted by molar-refractivity contribution is -0.123. The molecule has 0 radical (unpaired) electrons. The lowest BCUT2D eigenvalue weighted by Crippen LogP contribution is -2.48. The number of rotatable bonds is 6. The number of amides is 3. The predicted octanol–water partition coefficient (Wildman–Crippen LogP) is 4.45. The van der Waals surface area contributed by atoms with Crippen LogP contribution in [0.2, 0.25) is 0 Å². The largest absolute Gasteiger partial charge is 0.446 e. The average Bonchev–Trinajstić information content (AvgIpc) is 3.62. The number of allylic oxidation sites excluding steroid dienone is 1. The fourth-order valence-corrected chi connectivity index (χ4v) is 5.65. The smallest absolute Gasteiger partial charge is 0.273 e. The highest BCUT2D eigenvalue weighted by molar-refractivity contribution is 7.09. The topological polar surface area (TPSA) is 129 Å². The fraction of sp³-hybridized carbons (Fsp3) is 0.452. The molecule has 3 amide bonds. The van der Waals surface area contributed by atoms with Crippen molar-refractivity contribution in [1.29, 1.82) is 0 Å². The Bertz CT molecular complexity index is 1400. The van der Waals surface area contributed by atoms with Gasteiger partial charge in [-0.05, 0) is 45.1 Å². The normalized spacial score (nSPS) is 20.7. The van der Waals surface area contributed by atoms with Gasteiger partial charge in [-0.2, -0.15) is 0 Å². The first kappa shape index (κ1) is 31.1. The van der Waals surface area contributed by atoms with Crippen molar-refractivity contribution >= 4 is 29.1 Å². The third-order valence-corrected chi connectivity index (χ3v) is 7.80. The Morgan fingerprint density at radius 3 is 2.52 bits per heavy atom. The molecule has 1 aliphatic heterocycles. The van der Waals surface area contributed by atoms with Crippen molar-refractivity contribution in [2.75, 3.05) is 19.6 Å². The van der Waals surface area contributed by atoms with Crippen LogP contribution in [0, 0.1) is 5.92 Å². The van der Waals surface area contributed by atoms with Gasteiger partial charge in [-0.15, -0.1) is 11.3 Å². The molecule has 2 aromatic heterocycles. The number of carbonyl (C=O) groups excluding carboxylic acids is 3. The predicted molar refractivity (Wildman–Crippen MR) is 162 cm³/mol. The first-order valence-corrected chi connectivity index (χ1v) is 15.2. The number of thiazole rings is 1. The molecule has 0 saturated carbocycles. The minimum Gasteiger partial charge on any atom is -0.446 e. The molecule has 224 valence electrons. The average molecular weight is 593 g/mol. The van der Waals surface area contributed by atoms with Gasteiger partial charge in [-0.3, -0.25) is 19.3 Å². The Balaban J connectivity index is 1.69. The SMILES string of the molecule is CC(C)=CCN1CC(=O)N[C@H](Cc2ccccc2)c2nc(cs2)C(=O)N[C@H](C)c2nc(co2)C(=O)N[C@H](CC(C)C)C1. The van der Waals surface area contributed by atoms with Crippen molar-refractivity contribution in [2.45, 2.75) is 65.6 Å². The molecule has 0 fully saturated rings. The number of nitrogens with zero attached hydrogens (tertiary/aromatic N) is 3. The van der Waals surface area contributed by atoms with E-state index in [2.05, 4.69) is 45.8 Å². The number of nitrogens with one attached hydrogen (secondary N) is 3. The van der Waals surface area contributed by atoms with Crippen LogP contribution in [-0.2, 0) is 11.2 Å². The molecule has 0 saturated heterocycles. The second-order valence-electron chi connectivity index (χ2n) is 11.4. The van der Waals surface area contributed by atoms with Crippen molar-refractivity contribution in [3.05, 3.63) is 81.5 Å². The maximum Gasteiger partial charge on any atom is 0.273 e. The molecule has 42 heavy (non-hydrogen) atoms. The van der Waals surface area contributed by atoms with Crippen molar-refractivity contribution in [2.24, 2.45) is 5.92 Å². The number of carbonyl (C=O) groups is 3. The summed E-state index contributed by atoms with van der Waals surface area (Å²) in [5.74, 6) is -0.390. The fourth-order valence-electron chi connectivity index (χ4n) is 4.80. The van der Waals surface area contributed by atoms with Crippen LogP contribution in [0.4, 0.5) is 0 Å². The van der Waals surface area contributed by atoms with E-state index in [0.717, 1.165) is 11.1 Å². The molecular weight excluding hydrogens is 552 g/mol. The molecule has 10 nitrogen and oxygen atoms in total. The number of hydrogen-bond donors (Lipinski definition) is 3. The van der Waals surface area contributed by atoms with Gasteiger partial charge in [-0.25, -0.2) is 9.97 Å². The summed E-state index contributed by atoms with van der Waals surface area (Å²) in [6.45, 7) is 11.1. The molecule has 0 unspecified atom stereocenters. The van der Waals surface area contributed by atoms with Crippen molar-refractivity contribution in [3.8, 4) is 0 Å². The minimum atomic E-state index is -0.589. The van der Waals surface area contributed by atoms with Crippen molar-refractivity contribution < 1.29 is 18.8 Å². The molecule has 0 aliphatic carbocycles. The summed E-state index contributed by atoms with van der Waals surface area (Å²) in [5, 5.41) is 11.4. The van der Waals surface area contributed by atoms with Crippen LogP contribution in [0.25, 0.3) is 0 Å². The zero-order chi connectivity index (χ0) is 30.2. The van der Waals surface area contributed by atoms with E-state index in [-0.39, 0.29) is 41.7 Å². The van der Waals surface area contributed by atoms with E-state index in [1.807, 2.05) is 49.1 Å². The molecule has 0 spiro atoms. The van der Waals surface area contributed by atoms with Gasteiger partial charge in [0.1, 0.15) is 23.0 Å². The first-order valence-electron chi connectivity index (χ1n) is 14.3. The molecular formula is C31H40N6O4S. The van der Waals surface area contributed by atoms with E-state index < -0.39 is 18.0 Å². The monoisotopic (exact) mass is 592 g/mol. The highest BCUT2D eigenvalue weighted by Gasteiger charge is 2.26. The summed E-state index contributed by atoms with van der Waals surface area (Å²) in [5.41, 5.74) is 2.55. The second-order valence-corrected chi connectivity index (χ2v) is 12.3. The van der Waals surface area contributed by atoms with Crippen LogP contribution in [0.5, 0.6) is 0 Å². The third-order valence-electron chi connectivity index (χ3n) is 6.84. The van der Waals surface area contributed by atoms with Gasteiger partial charge in [0, 0.05) is 24.5 Å². The Labute approximate surface area is 251 Å². The maximum atomic E-state index is 13.5. The van der Waals surface area contributed by atoms with Gasteiger partial charge in [0.15, 0.2) is 5.69 Å². The summed E-state index contributed by atoms with van der Waals surface area (Å²) in [6, 6.07) is 8.63. The molecule has 3 atom stereocenters. The molecule has 1 aliphatic rings. The van der Waals surface area contributed by atoms with E-state index in [1.54, 1.807) is 12.3 Å². The number of fused-ring (bicyclic) bond motifs is 4. The zero-order valence-electron chi connectivity index (χ0n) is 24.8. The highest BCUT2D eigenvalue weighted by Crippen LogP contribution is 2.24. The van der Waals surface area contributed by atoms with E-state index in [0.29, 0.717) is 36.9 Å². The molecule has 3 N–H and O–H groups in total. The van der Waals surface area contributed by atoms with Gasteiger partial charge in [0.25, 0.3) is 11.8 Å². The van der Waals surface area contributed by atoms with E-state index >= 15 is 0 Å². The van der Waals surface area contributed by atoms with Crippen molar-refractivity contribution in [3.63, 3.8) is 0 Å². The summed E-state index contributed by atoms with van der Waals surface area (Å²) >= 11 is 1.33. The molecule has 3 heterocycles. The quantitative estimate of drug-likeness (QED) is 0.361. The molecule has 4 bridgehead atoms. The van der Waals surface area contributed by atoms with E-state index in [4.69, 9.17) is 4.42 Å². The lowest BCUT2D eigenvalue weighted by atomic mass is 10.0. The number of benzene rings is 1. The standard InChI is InChI=1S/C31H40N6O4S/c1-19(2)11-12-37-15-23(13-20(3)4)33-28(39)25-17-41-30(35-25)21(5)32-29(40)26-18-42-31(36-26)24(34-27(38)16-37)14-22-9-7-6-8-10-22/h6-11,17-18,20-21,23-24H,12-16H2,1-5H3,(H,32,40)(H,33,39)(H,34,38)/t21-,23-,24-/m1/s1. The van der Waals surface area contributed by atoms with Gasteiger partial charge in [-0.1, -0.05) is 55.8 Å². The van der Waals surface area contributed by atoms with Gasteiger partial charge >= 0.3 is 0 Å². The van der Waals surface area contributed by atoms with Gasteiger partial charge in [0.2, 0.25) is 11.8 Å². The Kier molecular flexibility index (Phi) is 10.6. The van der Waals surface area contributed by atoms with Crippen LogP contribution in [0.3, 0.4) is 0 Å². The number of aromatic nitrogens is 2. The van der Waals surface area contributed by atoms with Gasteiger partial charge in [0.05, 0.1) is 12.6 Å². The maximum absolute atomic E-state index is 13.5. The molecule has 4 rings (SSSR count). The summed E-state index contributed by atoms with van der Waals surface area (Å²) in [6.07, 6.45) is 4.62. The summed E-state index contributed by atoms with van der Waals surface area (Å²) < 4.78 is 5.57. The van der Waals surface area contributed by atoms with E-state index in [1.165, 1.54) is 17.6 Å². The van der Waals surface area contributed by atoms with Crippen LogP contribution < -0.4 is 16.0 Å². The molecule has 1 aromatic carbocycles. The van der Waals surface area contributed by atoms with Crippen LogP contribution in [-0.4, -0.2) is 58.3 Å². The molecule has 3 aromatic rings. The highest BCUT2D eigenvalue weighted by atomic mass is 32.1. The van der Waals surface area contributed by atoms with Crippen LogP contribution in [0.15, 0.2) is 58.0 Å². The zero-order valence-corrected chi connectivity index (χ0v) is 25.7. The Hall–Kier alpha value is -3.83.